The zero-order chi connectivity index (χ0) is 13.7. The van der Waals surface area contributed by atoms with E-state index < -0.39 is 28.8 Å². The van der Waals surface area contributed by atoms with Crippen molar-refractivity contribution in [2.75, 3.05) is 13.1 Å². The highest BCUT2D eigenvalue weighted by Crippen LogP contribution is 2.59. The van der Waals surface area contributed by atoms with Crippen LogP contribution in [0.5, 0.6) is 0 Å². The summed E-state index contributed by atoms with van der Waals surface area (Å²) in [6.45, 7) is 6.47. The largest absolute Gasteiger partial charge is 0.481 e. The SMILES string of the molecule is CC1(O)CCN(C(=O)C2C(C(=O)O)C2(C)C)CC1. The molecule has 1 amide bonds. The minimum absolute atomic E-state index is 0.0668. The second-order valence-corrected chi connectivity index (χ2v) is 6.44. The molecule has 1 aliphatic heterocycles. The summed E-state index contributed by atoms with van der Waals surface area (Å²) >= 11 is 0. The van der Waals surface area contributed by atoms with Gasteiger partial charge in [-0.2, -0.15) is 0 Å². The van der Waals surface area contributed by atoms with Crippen LogP contribution in [-0.4, -0.2) is 45.7 Å². The summed E-state index contributed by atoms with van der Waals surface area (Å²) in [5, 5.41) is 18.9. The molecule has 0 aromatic carbocycles. The lowest BCUT2D eigenvalue weighted by Gasteiger charge is -2.36. The van der Waals surface area contributed by atoms with E-state index in [1.165, 1.54) is 0 Å². The Bertz CT molecular complexity index is 378. The molecule has 0 bridgehead atoms. The number of rotatable bonds is 2. The Morgan fingerprint density at radius 3 is 2.00 bits per heavy atom. The van der Waals surface area contributed by atoms with E-state index in [1.807, 2.05) is 13.8 Å². The number of hydrogen-bond acceptors (Lipinski definition) is 3. The normalized spacial score (nSPS) is 33.0. The zero-order valence-electron chi connectivity index (χ0n) is 11.1. The fourth-order valence-electron chi connectivity index (χ4n) is 2.97. The number of carbonyl (C=O) groups excluding carboxylic acids is 1. The lowest BCUT2D eigenvalue weighted by Crippen LogP contribution is -2.46. The minimum Gasteiger partial charge on any atom is -0.481 e. The second kappa shape index (κ2) is 3.95. The van der Waals surface area contributed by atoms with E-state index in [9.17, 15) is 14.7 Å². The molecule has 0 radical (unpaired) electrons. The van der Waals surface area contributed by atoms with Crippen LogP contribution in [0.15, 0.2) is 0 Å². The number of carboxylic acid groups (broad SMARTS) is 1. The third-order valence-electron chi connectivity index (χ3n) is 4.51. The Kier molecular flexibility index (Phi) is 2.93. The molecule has 2 unspecified atom stereocenters. The third kappa shape index (κ3) is 2.11. The van der Waals surface area contributed by atoms with Gasteiger partial charge in [-0.1, -0.05) is 13.8 Å². The van der Waals surface area contributed by atoms with Gasteiger partial charge in [0, 0.05) is 13.1 Å². The first kappa shape index (κ1) is 13.3. The lowest BCUT2D eigenvalue weighted by atomic mass is 9.93. The summed E-state index contributed by atoms with van der Waals surface area (Å²) in [5.74, 6) is -1.92. The molecular weight excluding hydrogens is 234 g/mol. The van der Waals surface area contributed by atoms with Crippen LogP contribution in [0.3, 0.4) is 0 Å². The van der Waals surface area contributed by atoms with Gasteiger partial charge in [-0.15, -0.1) is 0 Å². The molecule has 1 saturated heterocycles. The molecule has 2 N–H and O–H groups in total. The van der Waals surface area contributed by atoms with Gasteiger partial charge in [0.15, 0.2) is 0 Å². The maximum atomic E-state index is 12.3. The number of amides is 1. The van der Waals surface area contributed by atoms with Crippen LogP contribution >= 0.6 is 0 Å². The van der Waals surface area contributed by atoms with Crippen molar-refractivity contribution in [2.45, 2.75) is 39.2 Å². The highest BCUT2D eigenvalue weighted by Gasteiger charge is 2.66. The predicted octanol–water partition coefficient (Wildman–Crippen LogP) is 0.717. The maximum absolute atomic E-state index is 12.3. The summed E-state index contributed by atoms with van der Waals surface area (Å²) in [7, 11) is 0. The topological polar surface area (TPSA) is 77.8 Å². The standard InChI is InChI=1S/C13H21NO4/c1-12(2)8(9(12)11(16)17)10(15)14-6-4-13(3,18)5-7-14/h8-9,18H,4-7H2,1-3H3,(H,16,17). The molecule has 2 fully saturated rings. The Morgan fingerprint density at radius 1 is 1.11 bits per heavy atom. The molecule has 5 nitrogen and oxygen atoms in total. The Hall–Kier alpha value is -1.10. The van der Waals surface area contributed by atoms with Crippen molar-refractivity contribution in [1.82, 2.24) is 4.90 Å². The molecule has 0 aromatic rings. The van der Waals surface area contributed by atoms with Crippen LogP contribution in [0, 0.1) is 17.3 Å². The first-order valence-corrected chi connectivity index (χ1v) is 6.41. The number of aliphatic hydroxyl groups is 1. The Balaban J connectivity index is 2.00. The van der Waals surface area contributed by atoms with Gasteiger partial charge in [0.25, 0.3) is 0 Å². The number of carbonyl (C=O) groups is 2. The van der Waals surface area contributed by atoms with Gasteiger partial charge in [-0.25, -0.2) is 0 Å². The third-order valence-corrected chi connectivity index (χ3v) is 4.51. The van der Waals surface area contributed by atoms with Crippen LogP contribution in [0.4, 0.5) is 0 Å². The van der Waals surface area contributed by atoms with E-state index in [0.717, 1.165) is 0 Å². The molecule has 0 aromatic heterocycles. The van der Waals surface area contributed by atoms with Crippen molar-refractivity contribution >= 4 is 11.9 Å². The number of likely N-dealkylation sites (tertiary alicyclic amines) is 1. The minimum atomic E-state index is -0.887. The molecule has 102 valence electrons. The van der Waals surface area contributed by atoms with Crippen molar-refractivity contribution in [3.63, 3.8) is 0 Å². The van der Waals surface area contributed by atoms with Gasteiger partial charge in [-0.3, -0.25) is 9.59 Å². The molecule has 5 heteroatoms. The molecule has 2 aliphatic rings. The van der Waals surface area contributed by atoms with Crippen molar-refractivity contribution < 1.29 is 19.8 Å². The molecular formula is C13H21NO4. The second-order valence-electron chi connectivity index (χ2n) is 6.44. The fourth-order valence-corrected chi connectivity index (χ4v) is 2.97. The van der Waals surface area contributed by atoms with E-state index in [2.05, 4.69) is 0 Å². The van der Waals surface area contributed by atoms with Gasteiger partial charge in [0.05, 0.1) is 17.4 Å². The number of aliphatic carboxylic acids is 1. The van der Waals surface area contributed by atoms with Crippen molar-refractivity contribution in [2.24, 2.45) is 17.3 Å². The lowest BCUT2D eigenvalue weighted by molar-refractivity contribution is -0.143. The molecule has 1 aliphatic carbocycles. The van der Waals surface area contributed by atoms with Crippen molar-refractivity contribution in [1.29, 1.82) is 0 Å². The summed E-state index contributed by atoms with van der Waals surface area (Å²) in [5.41, 5.74) is -1.13. The smallest absolute Gasteiger partial charge is 0.307 e. The van der Waals surface area contributed by atoms with Crippen molar-refractivity contribution in [3.05, 3.63) is 0 Å². The summed E-state index contributed by atoms with van der Waals surface area (Å²) in [4.78, 5) is 25.1. The molecule has 1 heterocycles. The quantitative estimate of drug-likeness (QED) is 0.762. The van der Waals surface area contributed by atoms with Gasteiger partial charge < -0.3 is 15.1 Å². The summed E-state index contributed by atoms with van der Waals surface area (Å²) < 4.78 is 0. The first-order valence-electron chi connectivity index (χ1n) is 6.41. The van der Waals surface area contributed by atoms with Gasteiger partial charge in [0.2, 0.25) is 5.91 Å². The molecule has 18 heavy (non-hydrogen) atoms. The van der Waals surface area contributed by atoms with E-state index >= 15 is 0 Å². The number of piperidine rings is 1. The Morgan fingerprint density at radius 2 is 1.61 bits per heavy atom. The number of hydrogen-bond donors (Lipinski definition) is 2. The highest BCUT2D eigenvalue weighted by atomic mass is 16.4. The first-order chi connectivity index (χ1) is 8.17. The zero-order valence-corrected chi connectivity index (χ0v) is 11.1. The molecule has 2 atom stereocenters. The van der Waals surface area contributed by atoms with Gasteiger partial charge in [-0.05, 0) is 25.2 Å². The van der Waals surface area contributed by atoms with Gasteiger partial charge >= 0.3 is 5.97 Å². The molecule has 1 saturated carbocycles. The highest BCUT2D eigenvalue weighted by molar-refractivity contribution is 5.91. The Labute approximate surface area is 107 Å². The van der Waals surface area contributed by atoms with Crippen LogP contribution in [0.2, 0.25) is 0 Å². The van der Waals surface area contributed by atoms with E-state index in [1.54, 1.807) is 11.8 Å². The number of carboxylic acids is 1. The molecule has 0 spiro atoms. The van der Waals surface area contributed by atoms with Crippen molar-refractivity contribution in [3.8, 4) is 0 Å². The molecule has 2 rings (SSSR count). The van der Waals surface area contributed by atoms with Crippen LogP contribution in [-0.2, 0) is 9.59 Å². The van der Waals surface area contributed by atoms with E-state index in [-0.39, 0.29) is 5.91 Å². The maximum Gasteiger partial charge on any atom is 0.307 e. The van der Waals surface area contributed by atoms with Crippen LogP contribution in [0.25, 0.3) is 0 Å². The summed E-state index contributed by atoms with van der Waals surface area (Å²) in [6, 6.07) is 0. The fraction of sp³-hybridized carbons (Fsp3) is 0.846. The van der Waals surface area contributed by atoms with Crippen LogP contribution in [0.1, 0.15) is 33.6 Å². The average molecular weight is 255 g/mol. The monoisotopic (exact) mass is 255 g/mol. The van der Waals surface area contributed by atoms with E-state index in [4.69, 9.17) is 5.11 Å². The van der Waals surface area contributed by atoms with E-state index in [0.29, 0.717) is 25.9 Å². The average Bonchev–Trinajstić information content (AvgIpc) is 2.80. The predicted molar refractivity (Wildman–Crippen MR) is 64.8 cm³/mol. The number of nitrogens with zero attached hydrogens (tertiary/aromatic N) is 1. The van der Waals surface area contributed by atoms with Crippen LogP contribution < -0.4 is 0 Å². The summed E-state index contributed by atoms with van der Waals surface area (Å²) in [6.07, 6.45) is 1.12. The van der Waals surface area contributed by atoms with Gasteiger partial charge in [0.1, 0.15) is 0 Å².